The van der Waals surface area contributed by atoms with Crippen molar-refractivity contribution in [3.8, 4) is 23.0 Å². The van der Waals surface area contributed by atoms with Gasteiger partial charge >= 0.3 is 23.9 Å². The molecule has 3 aromatic rings. The molecule has 0 amide bonds. The largest absolute Gasteiger partial charge is 0.494 e. The van der Waals surface area contributed by atoms with Crippen LogP contribution in [0.2, 0.25) is 0 Å². The van der Waals surface area contributed by atoms with Crippen LogP contribution in [-0.2, 0) is 19.1 Å². The van der Waals surface area contributed by atoms with Gasteiger partial charge in [-0.15, -0.1) is 0 Å². The Balaban J connectivity index is 1.46. The number of esters is 4. The van der Waals surface area contributed by atoms with E-state index in [0.717, 1.165) is 19.3 Å². The fraction of sp³-hybridized carbons (Fsp3) is 0.297. The second-order valence-corrected chi connectivity index (χ2v) is 10.9. The lowest BCUT2D eigenvalue weighted by atomic mass is 10.2. The highest BCUT2D eigenvalue weighted by Crippen LogP contribution is 2.32. The Labute approximate surface area is 287 Å². The van der Waals surface area contributed by atoms with Crippen molar-refractivity contribution in [2.45, 2.75) is 46.0 Å². The zero-order valence-corrected chi connectivity index (χ0v) is 27.7. The second kappa shape index (κ2) is 19.4. The van der Waals surface area contributed by atoms with E-state index < -0.39 is 52.8 Å². The highest BCUT2D eigenvalue weighted by Gasteiger charge is 2.26. The molecule has 50 heavy (non-hydrogen) atoms. The maximum absolute atomic E-state index is 14.8. The number of rotatable bonds is 19. The average Bonchev–Trinajstić information content (AvgIpc) is 3.10. The lowest BCUT2D eigenvalue weighted by Gasteiger charge is -2.12. The molecule has 0 saturated heterocycles. The summed E-state index contributed by atoms with van der Waals surface area (Å²) in [6.45, 7) is 11.1. The third-order valence-corrected chi connectivity index (χ3v) is 6.69. The van der Waals surface area contributed by atoms with Crippen molar-refractivity contribution in [3.05, 3.63) is 107 Å². The number of hydrogen-bond acceptors (Lipinski definition) is 10. The number of ether oxygens (including phenoxy) is 6. The molecule has 0 N–H and O–H groups in total. The van der Waals surface area contributed by atoms with E-state index in [2.05, 4.69) is 13.2 Å². The van der Waals surface area contributed by atoms with E-state index >= 15 is 0 Å². The van der Waals surface area contributed by atoms with Crippen LogP contribution in [0.4, 0.5) is 13.2 Å². The van der Waals surface area contributed by atoms with Gasteiger partial charge in [-0.05, 0) is 88.1 Å². The number of unbranched alkanes of at least 4 members (excludes halogenated alkanes) is 3. The number of halogens is 3. The molecule has 10 nitrogen and oxygen atoms in total. The molecule has 0 fully saturated rings. The van der Waals surface area contributed by atoms with E-state index in [1.54, 1.807) is 6.92 Å². The summed E-state index contributed by atoms with van der Waals surface area (Å²) in [6, 6.07) is 11.4. The Hall–Kier alpha value is -5.59. The monoisotopic (exact) mass is 698 g/mol. The van der Waals surface area contributed by atoms with Crippen molar-refractivity contribution in [3.63, 3.8) is 0 Å². The Kier molecular flexibility index (Phi) is 15.1. The topological polar surface area (TPSA) is 124 Å². The maximum Gasteiger partial charge on any atom is 0.343 e. The third kappa shape index (κ3) is 12.1. The van der Waals surface area contributed by atoms with Gasteiger partial charge in [0.15, 0.2) is 11.6 Å². The van der Waals surface area contributed by atoms with Gasteiger partial charge in [0.1, 0.15) is 11.5 Å². The molecule has 266 valence electrons. The SMILES string of the molecule is C=C(C)C(=O)OCCCCCCOc1ccc(C(=O)Oc2c(F)cc(OC(=O)c3ccc(OCCCOC(=O)C(=C)C)cc3)c(F)c2F)cc1. The minimum atomic E-state index is -1.87. The summed E-state index contributed by atoms with van der Waals surface area (Å²) in [6.07, 6.45) is 3.51. The molecule has 0 atom stereocenters. The highest BCUT2D eigenvalue weighted by molar-refractivity contribution is 5.92. The standard InChI is InChI=1S/C37H37F3O10/c1-23(2)34(41)47-19-8-6-5-7-18-45-27-16-12-26(13-17-27)37(44)50-33-29(38)22-30(31(39)32(33)40)49-36(43)25-10-14-28(15-11-25)46-20-9-21-48-35(42)24(3)4/h10-17,22H,1,3,5-9,18-21H2,2,4H3. The summed E-state index contributed by atoms with van der Waals surface area (Å²) in [7, 11) is 0. The Morgan fingerprint density at radius 2 is 1.02 bits per heavy atom. The first-order valence-electron chi connectivity index (χ1n) is 15.6. The molecule has 0 radical (unpaired) electrons. The lowest BCUT2D eigenvalue weighted by Crippen LogP contribution is -2.14. The highest BCUT2D eigenvalue weighted by atomic mass is 19.2. The molecule has 3 aromatic carbocycles. The molecule has 3 rings (SSSR count). The van der Waals surface area contributed by atoms with Gasteiger partial charge in [0.05, 0.1) is 37.6 Å². The fourth-order valence-corrected chi connectivity index (χ4v) is 3.98. The summed E-state index contributed by atoms with van der Waals surface area (Å²) < 4.78 is 75.1. The predicted molar refractivity (Wildman–Crippen MR) is 175 cm³/mol. The minimum absolute atomic E-state index is 0.0744. The van der Waals surface area contributed by atoms with E-state index in [0.29, 0.717) is 49.2 Å². The molecule has 0 aliphatic rings. The van der Waals surface area contributed by atoms with Gasteiger partial charge in [-0.25, -0.2) is 23.6 Å². The van der Waals surface area contributed by atoms with Gasteiger partial charge in [-0.2, -0.15) is 8.78 Å². The Morgan fingerprint density at radius 1 is 0.580 bits per heavy atom. The van der Waals surface area contributed by atoms with Crippen molar-refractivity contribution >= 4 is 23.9 Å². The van der Waals surface area contributed by atoms with E-state index in [1.165, 1.54) is 55.5 Å². The Morgan fingerprint density at radius 3 is 1.52 bits per heavy atom. The Bertz CT molecular complexity index is 1680. The normalized spacial score (nSPS) is 10.5. The molecular formula is C37H37F3O10. The minimum Gasteiger partial charge on any atom is -0.494 e. The van der Waals surface area contributed by atoms with E-state index in [1.807, 2.05) is 0 Å². The molecule has 0 spiro atoms. The average molecular weight is 699 g/mol. The van der Waals surface area contributed by atoms with Crippen molar-refractivity contribution in [1.82, 2.24) is 0 Å². The molecule has 0 aliphatic carbocycles. The third-order valence-electron chi connectivity index (χ3n) is 6.69. The number of hydrogen-bond donors (Lipinski definition) is 0. The van der Waals surface area contributed by atoms with Gasteiger partial charge in [0.25, 0.3) is 0 Å². The number of benzene rings is 3. The summed E-state index contributed by atoms with van der Waals surface area (Å²) in [5.41, 5.74) is 0.466. The van der Waals surface area contributed by atoms with Crippen LogP contribution in [0.25, 0.3) is 0 Å². The first kappa shape index (κ1) is 38.9. The fourth-order valence-electron chi connectivity index (χ4n) is 3.98. The smallest absolute Gasteiger partial charge is 0.343 e. The zero-order valence-electron chi connectivity index (χ0n) is 27.7. The molecule has 0 heterocycles. The van der Waals surface area contributed by atoms with Gasteiger partial charge in [-0.1, -0.05) is 13.2 Å². The maximum atomic E-state index is 14.8. The van der Waals surface area contributed by atoms with Gasteiger partial charge < -0.3 is 28.4 Å². The molecule has 0 unspecified atom stereocenters. The van der Waals surface area contributed by atoms with E-state index in [-0.39, 0.29) is 29.9 Å². The predicted octanol–water partition coefficient (Wildman–Crippen LogP) is 7.49. The van der Waals surface area contributed by atoms with Crippen LogP contribution >= 0.6 is 0 Å². The van der Waals surface area contributed by atoms with Crippen LogP contribution < -0.4 is 18.9 Å². The first-order valence-corrected chi connectivity index (χ1v) is 15.6. The van der Waals surface area contributed by atoms with E-state index in [9.17, 15) is 32.3 Å². The van der Waals surface area contributed by atoms with Crippen molar-refractivity contribution in [2.24, 2.45) is 0 Å². The van der Waals surface area contributed by atoms with Gasteiger partial charge in [0.2, 0.25) is 17.4 Å². The van der Waals surface area contributed by atoms with Crippen molar-refractivity contribution in [2.75, 3.05) is 26.4 Å². The molecule has 0 bridgehead atoms. The van der Waals surface area contributed by atoms with Crippen LogP contribution in [0.3, 0.4) is 0 Å². The van der Waals surface area contributed by atoms with E-state index in [4.69, 9.17) is 28.4 Å². The summed E-state index contributed by atoms with van der Waals surface area (Å²) in [5.74, 6) is -9.85. The van der Waals surface area contributed by atoms with Gasteiger partial charge in [0, 0.05) is 23.6 Å². The van der Waals surface area contributed by atoms with Crippen LogP contribution in [0.1, 0.15) is 66.7 Å². The second-order valence-electron chi connectivity index (χ2n) is 10.9. The molecule has 13 heteroatoms. The van der Waals surface area contributed by atoms with Crippen LogP contribution in [0.5, 0.6) is 23.0 Å². The quantitative estimate of drug-likeness (QED) is 0.0409. The molecule has 0 saturated carbocycles. The summed E-state index contributed by atoms with van der Waals surface area (Å²) in [4.78, 5) is 47.8. The molecular weight excluding hydrogens is 661 g/mol. The van der Waals surface area contributed by atoms with Gasteiger partial charge in [-0.3, -0.25) is 0 Å². The van der Waals surface area contributed by atoms with Crippen LogP contribution in [-0.4, -0.2) is 50.3 Å². The number of carbonyl (C=O) groups excluding carboxylic acids is 4. The summed E-state index contributed by atoms with van der Waals surface area (Å²) >= 11 is 0. The van der Waals surface area contributed by atoms with Crippen molar-refractivity contribution < 1.29 is 60.8 Å². The van der Waals surface area contributed by atoms with Crippen LogP contribution in [0.15, 0.2) is 78.9 Å². The first-order chi connectivity index (χ1) is 23.9. The zero-order chi connectivity index (χ0) is 36.6. The van der Waals surface area contributed by atoms with Crippen LogP contribution in [0, 0.1) is 17.5 Å². The van der Waals surface area contributed by atoms with Crippen molar-refractivity contribution in [1.29, 1.82) is 0 Å². The lowest BCUT2D eigenvalue weighted by molar-refractivity contribution is -0.140. The molecule has 0 aliphatic heterocycles. The molecule has 0 aromatic heterocycles. The number of carbonyl (C=O) groups is 4. The summed E-state index contributed by atoms with van der Waals surface area (Å²) in [5, 5.41) is 0.